The minimum absolute atomic E-state index is 0.0194. The van der Waals surface area contributed by atoms with Gasteiger partial charge in [-0.25, -0.2) is 4.79 Å². The van der Waals surface area contributed by atoms with E-state index in [0.29, 0.717) is 11.5 Å². The Balaban J connectivity index is 2.06. The molecule has 0 bridgehead atoms. The van der Waals surface area contributed by atoms with Crippen molar-refractivity contribution in [3.63, 3.8) is 0 Å². The van der Waals surface area contributed by atoms with Crippen LogP contribution < -0.4 is 14.8 Å². The summed E-state index contributed by atoms with van der Waals surface area (Å²) in [6.45, 7) is 1.23. The summed E-state index contributed by atoms with van der Waals surface area (Å²) in [5.74, 6) is -0.742. The molecule has 1 aromatic carbocycles. The van der Waals surface area contributed by atoms with Crippen molar-refractivity contribution in [3.05, 3.63) is 24.3 Å². The van der Waals surface area contributed by atoms with Crippen LogP contribution in [0.2, 0.25) is 0 Å². The number of methoxy groups -OCH3 is 1. The SMILES string of the molecule is COCC(C)(NC(=O)C1COc2ccccc2O1)C(=O)O. The number of nitrogens with one attached hydrogen (secondary N) is 1. The zero-order valence-corrected chi connectivity index (χ0v) is 11.8. The molecule has 114 valence electrons. The Morgan fingerprint density at radius 1 is 1.43 bits per heavy atom. The second-order valence-corrected chi connectivity index (χ2v) is 4.92. The average molecular weight is 295 g/mol. The van der Waals surface area contributed by atoms with E-state index in [1.54, 1.807) is 24.3 Å². The largest absolute Gasteiger partial charge is 0.485 e. The van der Waals surface area contributed by atoms with Crippen LogP contribution in [0, 0.1) is 0 Å². The van der Waals surface area contributed by atoms with Crippen molar-refractivity contribution in [1.82, 2.24) is 5.32 Å². The van der Waals surface area contributed by atoms with Crippen LogP contribution in [0.5, 0.6) is 11.5 Å². The Morgan fingerprint density at radius 3 is 2.71 bits per heavy atom. The minimum atomic E-state index is -1.52. The number of rotatable bonds is 5. The molecule has 21 heavy (non-hydrogen) atoms. The molecule has 0 saturated carbocycles. The zero-order valence-electron chi connectivity index (χ0n) is 11.8. The molecule has 1 aromatic rings. The molecule has 2 unspecified atom stereocenters. The maximum atomic E-state index is 12.2. The predicted octanol–water partition coefficient (Wildman–Crippen LogP) is 0.432. The van der Waals surface area contributed by atoms with Crippen LogP contribution in [0.15, 0.2) is 24.3 Å². The van der Waals surface area contributed by atoms with Gasteiger partial charge in [0.1, 0.15) is 6.61 Å². The van der Waals surface area contributed by atoms with E-state index in [1.165, 1.54) is 14.0 Å². The number of carboxylic acid groups (broad SMARTS) is 1. The second-order valence-electron chi connectivity index (χ2n) is 4.92. The maximum Gasteiger partial charge on any atom is 0.331 e. The van der Waals surface area contributed by atoms with E-state index in [2.05, 4.69) is 5.32 Å². The fourth-order valence-electron chi connectivity index (χ4n) is 1.94. The number of carbonyl (C=O) groups excluding carboxylic acids is 1. The van der Waals surface area contributed by atoms with Gasteiger partial charge >= 0.3 is 5.97 Å². The first-order valence-electron chi connectivity index (χ1n) is 6.39. The molecule has 1 aliphatic rings. The number of hydrogen-bond donors (Lipinski definition) is 2. The first-order valence-corrected chi connectivity index (χ1v) is 6.39. The number of amides is 1. The number of aliphatic carboxylic acids is 1. The number of hydrogen-bond acceptors (Lipinski definition) is 5. The lowest BCUT2D eigenvalue weighted by Crippen LogP contribution is -2.59. The van der Waals surface area contributed by atoms with Crippen LogP contribution in [0.1, 0.15) is 6.92 Å². The number of ether oxygens (including phenoxy) is 3. The van der Waals surface area contributed by atoms with Crippen molar-refractivity contribution in [2.45, 2.75) is 18.6 Å². The van der Waals surface area contributed by atoms with Crippen LogP contribution >= 0.6 is 0 Å². The van der Waals surface area contributed by atoms with Crippen molar-refractivity contribution in [1.29, 1.82) is 0 Å². The van der Waals surface area contributed by atoms with Gasteiger partial charge in [0, 0.05) is 7.11 Å². The Kier molecular flexibility index (Phi) is 4.32. The summed E-state index contributed by atoms with van der Waals surface area (Å²) >= 11 is 0. The van der Waals surface area contributed by atoms with Gasteiger partial charge in [0.25, 0.3) is 5.91 Å². The van der Waals surface area contributed by atoms with Crippen molar-refractivity contribution >= 4 is 11.9 Å². The van der Waals surface area contributed by atoms with Crippen LogP contribution in [0.3, 0.4) is 0 Å². The molecule has 0 fully saturated rings. The van der Waals surface area contributed by atoms with Gasteiger partial charge in [-0.1, -0.05) is 12.1 Å². The summed E-state index contributed by atoms with van der Waals surface area (Å²) in [5.41, 5.74) is -1.52. The highest BCUT2D eigenvalue weighted by Gasteiger charge is 2.38. The monoisotopic (exact) mass is 295 g/mol. The molecule has 0 radical (unpaired) electrons. The highest BCUT2D eigenvalue weighted by atomic mass is 16.6. The van der Waals surface area contributed by atoms with E-state index in [1.807, 2.05) is 0 Å². The molecule has 0 aliphatic carbocycles. The average Bonchev–Trinajstić information content (AvgIpc) is 2.46. The molecule has 7 heteroatoms. The zero-order chi connectivity index (χ0) is 15.5. The Morgan fingerprint density at radius 2 is 2.10 bits per heavy atom. The first kappa shape index (κ1) is 15.1. The lowest BCUT2D eigenvalue weighted by Gasteiger charge is -2.30. The first-order chi connectivity index (χ1) is 9.96. The molecule has 1 amide bonds. The molecule has 0 saturated heterocycles. The molecule has 7 nitrogen and oxygen atoms in total. The van der Waals surface area contributed by atoms with E-state index < -0.39 is 23.5 Å². The number of para-hydroxylation sites is 2. The van der Waals surface area contributed by atoms with Gasteiger partial charge in [-0.15, -0.1) is 0 Å². The fourth-order valence-corrected chi connectivity index (χ4v) is 1.94. The fraction of sp³-hybridized carbons (Fsp3) is 0.429. The van der Waals surface area contributed by atoms with Gasteiger partial charge in [0.15, 0.2) is 17.0 Å². The van der Waals surface area contributed by atoms with Crippen molar-refractivity contribution in [2.24, 2.45) is 0 Å². The van der Waals surface area contributed by atoms with E-state index in [9.17, 15) is 14.7 Å². The maximum absolute atomic E-state index is 12.2. The molecule has 2 rings (SSSR count). The van der Waals surface area contributed by atoms with E-state index in [-0.39, 0.29) is 13.2 Å². The quantitative estimate of drug-likeness (QED) is 0.818. The number of carbonyl (C=O) groups is 2. The van der Waals surface area contributed by atoms with Crippen molar-refractivity contribution < 1.29 is 28.9 Å². The van der Waals surface area contributed by atoms with Gasteiger partial charge in [0.05, 0.1) is 6.61 Å². The standard InChI is InChI=1S/C14H17NO6/c1-14(8-19-2,13(17)18)15-12(16)11-7-20-9-5-3-4-6-10(9)21-11/h3-6,11H,7-8H2,1-2H3,(H,15,16)(H,17,18). The molecule has 2 atom stereocenters. The van der Waals surface area contributed by atoms with Gasteiger partial charge in [-0.2, -0.15) is 0 Å². The van der Waals surface area contributed by atoms with E-state index >= 15 is 0 Å². The van der Waals surface area contributed by atoms with Crippen LogP contribution in [-0.2, 0) is 14.3 Å². The third-order valence-electron chi connectivity index (χ3n) is 3.11. The normalized spacial score (nSPS) is 19.4. The predicted molar refractivity (Wildman–Crippen MR) is 72.4 cm³/mol. The van der Waals surface area contributed by atoms with Gasteiger partial charge in [-0.3, -0.25) is 4.79 Å². The summed E-state index contributed by atoms with van der Waals surface area (Å²) < 4.78 is 15.8. The van der Waals surface area contributed by atoms with Crippen LogP contribution in [0.25, 0.3) is 0 Å². The third-order valence-corrected chi connectivity index (χ3v) is 3.11. The summed E-state index contributed by atoms with van der Waals surface area (Å²) in [4.78, 5) is 23.4. The summed E-state index contributed by atoms with van der Waals surface area (Å²) in [7, 11) is 1.36. The van der Waals surface area contributed by atoms with Crippen molar-refractivity contribution in [3.8, 4) is 11.5 Å². The van der Waals surface area contributed by atoms with E-state index in [4.69, 9.17) is 14.2 Å². The number of benzene rings is 1. The summed E-state index contributed by atoms with van der Waals surface area (Å²) in [6, 6.07) is 6.97. The van der Waals surface area contributed by atoms with Crippen molar-refractivity contribution in [2.75, 3.05) is 20.3 Å². The Labute approximate surface area is 121 Å². The Hall–Kier alpha value is -2.28. The highest BCUT2D eigenvalue weighted by molar-refractivity contribution is 5.89. The van der Waals surface area contributed by atoms with E-state index in [0.717, 1.165) is 0 Å². The van der Waals surface area contributed by atoms with Crippen LogP contribution in [0.4, 0.5) is 0 Å². The molecule has 0 spiro atoms. The third kappa shape index (κ3) is 3.25. The molecule has 1 heterocycles. The lowest BCUT2D eigenvalue weighted by atomic mass is 10.0. The molecular formula is C14H17NO6. The van der Waals surface area contributed by atoms with Crippen LogP contribution in [-0.4, -0.2) is 48.9 Å². The molecule has 0 aromatic heterocycles. The topological polar surface area (TPSA) is 94.1 Å². The van der Waals surface area contributed by atoms with Gasteiger partial charge in [-0.05, 0) is 19.1 Å². The molecular weight excluding hydrogens is 278 g/mol. The number of fused-ring (bicyclic) bond motifs is 1. The van der Waals surface area contributed by atoms with Gasteiger partial charge < -0.3 is 24.6 Å². The molecule has 1 aliphatic heterocycles. The number of carboxylic acids is 1. The molecule has 2 N–H and O–H groups in total. The second kappa shape index (κ2) is 6.01. The van der Waals surface area contributed by atoms with Gasteiger partial charge in [0.2, 0.25) is 6.10 Å². The smallest absolute Gasteiger partial charge is 0.331 e. The Bertz CT molecular complexity index is 546. The minimum Gasteiger partial charge on any atom is -0.485 e. The summed E-state index contributed by atoms with van der Waals surface area (Å²) in [5, 5.41) is 11.6. The summed E-state index contributed by atoms with van der Waals surface area (Å²) in [6.07, 6.45) is -0.907. The lowest BCUT2D eigenvalue weighted by molar-refractivity contribution is -0.151. The highest BCUT2D eigenvalue weighted by Crippen LogP contribution is 2.30.